The molecule has 0 aliphatic rings. The molecule has 3 heteroatoms. The van der Waals surface area contributed by atoms with E-state index in [1.165, 1.54) is 18.5 Å². The number of hydrogen-bond acceptors (Lipinski definition) is 2. The van der Waals surface area contributed by atoms with Gasteiger partial charge in [0.05, 0.1) is 0 Å². The highest BCUT2D eigenvalue weighted by molar-refractivity contribution is 5.01. The molecule has 1 atom stereocenters. The fourth-order valence-corrected chi connectivity index (χ4v) is 2.34. The molecule has 0 fully saturated rings. The number of nitrogens with zero attached hydrogens (tertiary/aromatic N) is 2. The van der Waals surface area contributed by atoms with E-state index in [0.29, 0.717) is 6.61 Å². The van der Waals surface area contributed by atoms with Crippen molar-refractivity contribution in [3.63, 3.8) is 0 Å². The summed E-state index contributed by atoms with van der Waals surface area (Å²) in [7, 11) is 1.98. The lowest BCUT2D eigenvalue weighted by molar-refractivity contribution is 0.0973. The van der Waals surface area contributed by atoms with Gasteiger partial charge in [0.15, 0.2) is 0 Å². The van der Waals surface area contributed by atoms with Crippen molar-refractivity contribution in [1.29, 1.82) is 0 Å². The Kier molecular flexibility index (Phi) is 5.69. The van der Waals surface area contributed by atoms with Crippen molar-refractivity contribution in [2.45, 2.75) is 52.4 Å². The lowest BCUT2D eigenvalue weighted by Crippen LogP contribution is -2.25. The Morgan fingerprint density at radius 1 is 1.35 bits per heavy atom. The summed E-state index contributed by atoms with van der Waals surface area (Å²) in [6, 6.07) is 2.07. The van der Waals surface area contributed by atoms with Crippen LogP contribution in [0.5, 0.6) is 0 Å². The Hall–Kier alpha value is -0.830. The summed E-state index contributed by atoms with van der Waals surface area (Å²) in [6.07, 6.45) is 8.51. The number of rotatable bonds is 8. The molecular weight excluding hydrogens is 212 g/mol. The molecule has 1 unspecified atom stereocenters. The molecule has 1 N–H and O–H groups in total. The molecule has 0 radical (unpaired) electrons. The van der Waals surface area contributed by atoms with Gasteiger partial charge in [0.1, 0.15) is 0 Å². The van der Waals surface area contributed by atoms with Gasteiger partial charge in [-0.05, 0) is 37.2 Å². The Bertz CT molecular complexity index is 316. The van der Waals surface area contributed by atoms with Gasteiger partial charge in [-0.2, -0.15) is 5.10 Å². The van der Waals surface area contributed by atoms with Crippen LogP contribution in [0, 0.1) is 5.41 Å². The molecule has 1 aromatic rings. The second-order valence-corrected chi connectivity index (χ2v) is 5.06. The predicted octanol–water partition coefficient (Wildman–Crippen LogP) is 2.93. The Morgan fingerprint density at radius 3 is 2.59 bits per heavy atom. The molecule has 0 saturated carbocycles. The summed E-state index contributed by atoms with van der Waals surface area (Å²) < 4.78 is 1.93. The van der Waals surface area contributed by atoms with Gasteiger partial charge in [0.2, 0.25) is 0 Å². The summed E-state index contributed by atoms with van der Waals surface area (Å²) in [5.74, 6) is 0. The van der Waals surface area contributed by atoms with Crippen LogP contribution in [0.1, 0.15) is 51.6 Å². The number of aliphatic hydroxyl groups excluding tert-OH is 1. The number of hydrogen-bond donors (Lipinski definition) is 1. The molecule has 0 saturated heterocycles. The largest absolute Gasteiger partial charge is 0.396 e. The Labute approximate surface area is 105 Å². The van der Waals surface area contributed by atoms with Crippen molar-refractivity contribution in [1.82, 2.24) is 9.78 Å². The second-order valence-electron chi connectivity index (χ2n) is 5.06. The van der Waals surface area contributed by atoms with Crippen LogP contribution in [0.3, 0.4) is 0 Å². The zero-order valence-corrected chi connectivity index (χ0v) is 11.4. The Balaban J connectivity index is 2.57. The van der Waals surface area contributed by atoms with E-state index in [-0.39, 0.29) is 5.41 Å². The van der Waals surface area contributed by atoms with E-state index in [9.17, 15) is 5.11 Å². The van der Waals surface area contributed by atoms with E-state index < -0.39 is 0 Å². The van der Waals surface area contributed by atoms with Crippen LogP contribution in [0.2, 0.25) is 0 Å². The molecule has 0 bridgehead atoms. The second kappa shape index (κ2) is 6.80. The maximum absolute atomic E-state index is 9.68. The fourth-order valence-electron chi connectivity index (χ4n) is 2.34. The van der Waals surface area contributed by atoms with Crippen molar-refractivity contribution >= 4 is 0 Å². The number of aryl methyl sites for hydroxylation is 2. The minimum Gasteiger partial charge on any atom is -0.396 e. The van der Waals surface area contributed by atoms with E-state index >= 15 is 0 Å². The van der Waals surface area contributed by atoms with Crippen LogP contribution in [-0.4, -0.2) is 21.5 Å². The molecule has 98 valence electrons. The van der Waals surface area contributed by atoms with Crippen LogP contribution < -0.4 is 0 Å². The van der Waals surface area contributed by atoms with Crippen molar-refractivity contribution in [2.24, 2.45) is 12.5 Å². The minimum absolute atomic E-state index is 0.111. The quantitative estimate of drug-likeness (QED) is 0.756. The van der Waals surface area contributed by atoms with Gasteiger partial charge >= 0.3 is 0 Å². The third-order valence-corrected chi connectivity index (χ3v) is 3.98. The van der Waals surface area contributed by atoms with E-state index in [4.69, 9.17) is 0 Å². The molecule has 1 heterocycles. The van der Waals surface area contributed by atoms with Gasteiger partial charge < -0.3 is 5.11 Å². The lowest BCUT2D eigenvalue weighted by atomic mass is 9.77. The van der Waals surface area contributed by atoms with Gasteiger partial charge in [-0.15, -0.1) is 0 Å². The summed E-state index contributed by atoms with van der Waals surface area (Å²) >= 11 is 0. The summed E-state index contributed by atoms with van der Waals surface area (Å²) in [5, 5.41) is 13.9. The molecule has 0 aliphatic carbocycles. The number of unbranched alkanes of at least 4 members (excludes halogenated alkanes) is 1. The molecule has 17 heavy (non-hydrogen) atoms. The van der Waals surface area contributed by atoms with E-state index in [2.05, 4.69) is 25.0 Å². The summed E-state index contributed by atoms with van der Waals surface area (Å²) in [5.41, 5.74) is 1.37. The zero-order chi connectivity index (χ0) is 12.7. The molecule has 3 nitrogen and oxygen atoms in total. The van der Waals surface area contributed by atoms with Gasteiger partial charge in [-0.25, -0.2) is 0 Å². The molecule has 1 aromatic heterocycles. The maximum Gasteiger partial charge on any atom is 0.0492 e. The number of aliphatic hydroxyl groups is 1. The van der Waals surface area contributed by atoms with Crippen LogP contribution in [0.15, 0.2) is 12.3 Å². The van der Waals surface area contributed by atoms with Crippen molar-refractivity contribution in [3.05, 3.63) is 18.0 Å². The third kappa shape index (κ3) is 3.84. The first-order chi connectivity index (χ1) is 8.17. The first-order valence-corrected chi connectivity index (χ1v) is 6.75. The van der Waals surface area contributed by atoms with Crippen molar-refractivity contribution in [2.75, 3.05) is 6.61 Å². The topological polar surface area (TPSA) is 38.1 Å². The lowest BCUT2D eigenvalue weighted by Gasteiger charge is -2.30. The molecule has 0 amide bonds. The summed E-state index contributed by atoms with van der Waals surface area (Å²) in [4.78, 5) is 0. The predicted molar refractivity (Wildman–Crippen MR) is 70.9 cm³/mol. The standard InChI is InChI=1S/C14H26N2O/c1-4-6-9-14(5-2,12-17)10-7-13-8-11-15-16(13)3/h8,11,17H,4-7,9-10,12H2,1-3H3. The smallest absolute Gasteiger partial charge is 0.0492 e. The number of aromatic nitrogens is 2. The minimum atomic E-state index is 0.111. The highest BCUT2D eigenvalue weighted by atomic mass is 16.3. The highest BCUT2D eigenvalue weighted by Crippen LogP contribution is 2.33. The maximum atomic E-state index is 9.68. The Morgan fingerprint density at radius 2 is 2.12 bits per heavy atom. The molecular formula is C14H26N2O. The molecule has 1 rings (SSSR count). The van der Waals surface area contributed by atoms with Crippen LogP contribution >= 0.6 is 0 Å². The molecule has 0 spiro atoms. The summed E-state index contributed by atoms with van der Waals surface area (Å²) in [6.45, 7) is 4.70. The fraction of sp³-hybridized carbons (Fsp3) is 0.786. The average molecular weight is 238 g/mol. The van der Waals surface area contributed by atoms with Crippen molar-refractivity contribution < 1.29 is 5.11 Å². The van der Waals surface area contributed by atoms with Gasteiger partial charge in [0.25, 0.3) is 0 Å². The van der Waals surface area contributed by atoms with Gasteiger partial charge in [0, 0.05) is 25.5 Å². The van der Waals surface area contributed by atoms with Crippen LogP contribution in [0.25, 0.3) is 0 Å². The van der Waals surface area contributed by atoms with Crippen LogP contribution in [0.4, 0.5) is 0 Å². The average Bonchev–Trinajstić information content (AvgIpc) is 2.76. The van der Waals surface area contributed by atoms with Gasteiger partial charge in [-0.3, -0.25) is 4.68 Å². The van der Waals surface area contributed by atoms with Gasteiger partial charge in [-0.1, -0.05) is 26.7 Å². The first kappa shape index (κ1) is 14.2. The first-order valence-electron chi connectivity index (χ1n) is 6.75. The van der Waals surface area contributed by atoms with Crippen LogP contribution in [-0.2, 0) is 13.5 Å². The van der Waals surface area contributed by atoms with Crippen molar-refractivity contribution in [3.8, 4) is 0 Å². The zero-order valence-electron chi connectivity index (χ0n) is 11.4. The van der Waals surface area contributed by atoms with E-state index in [1.54, 1.807) is 0 Å². The van der Waals surface area contributed by atoms with E-state index in [1.807, 2.05) is 17.9 Å². The molecule has 0 aromatic carbocycles. The molecule has 0 aliphatic heterocycles. The SMILES string of the molecule is CCCCC(CC)(CO)CCc1ccnn1C. The normalized spacial score (nSPS) is 14.8. The monoisotopic (exact) mass is 238 g/mol. The van der Waals surface area contributed by atoms with E-state index in [0.717, 1.165) is 25.7 Å². The highest BCUT2D eigenvalue weighted by Gasteiger charge is 2.26. The third-order valence-electron chi connectivity index (χ3n) is 3.98.